The molecule has 0 spiro atoms. The fraction of sp³-hybridized carbons (Fsp3) is 0.381. The number of phenolic OH excluding ortho intramolecular Hbond substituents is 1. The van der Waals surface area contributed by atoms with Gasteiger partial charge in [-0.1, -0.05) is 18.2 Å². The van der Waals surface area contributed by atoms with E-state index in [-0.39, 0.29) is 42.1 Å². The van der Waals surface area contributed by atoms with E-state index < -0.39 is 0 Å². The highest BCUT2D eigenvalue weighted by atomic mass is 16.5. The Kier molecular flexibility index (Phi) is 4.90. The second-order valence-electron chi connectivity index (χ2n) is 7.15. The summed E-state index contributed by atoms with van der Waals surface area (Å²) in [5, 5.41) is 22.5. The second kappa shape index (κ2) is 7.48. The van der Waals surface area contributed by atoms with Gasteiger partial charge in [-0.25, -0.2) is 0 Å². The minimum Gasteiger partial charge on any atom is -0.504 e. The van der Waals surface area contributed by atoms with Crippen molar-refractivity contribution in [1.82, 2.24) is 5.32 Å². The molecule has 0 radical (unpaired) electrons. The fourth-order valence-corrected chi connectivity index (χ4v) is 3.71. The van der Waals surface area contributed by atoms with E-state index in [9.17, 15) is 15.0 Å². The zero-order valence-corrected chi connectivity index (χ0v) is 14.9. The molecule has 0 bridgehead atoms. The molecule has 2 aromatic carbocycles. The number of benzene rings is 2. The molecule has 27 heavy (non-hydrogen) atoms. The summed E-state index contributed by atoms with van der Waals surface area (Å²) >= 11 is 0. The normalized spacial score (nSPS) is 21.5. The van der Waals surface area contributed by atoms with Crippen molar-refractivity contribution in [1.29, 1.82) is 0 Å². The molecule has 6 heteroatoms. The van der Waals surface area contributed by atoms with Gasteiger partial charge < -0.3 is 25.0 Å². The van der Waals surface area contributed by atoms with Crippen LogP contribution < -0.4 is 14.8 Å². The van der Waals surface area contributed by atoms with Gasteiger partial charge in [0, 0.05) is 6.42 Å². The maximum absolute atomic E-state index is 12.5. The van der Waals surface area contributed by atoms with Crippen LogP contribution in [0.3, 0.4) is 0 Å². The summed E-state index contributed by atoms with van der Waals surface area (Å²) in [5.74, 6) is 1.11. The van der Waals surface area contributed by atoms with Gasteiger partial charge in [0.15, 0.2) is 18.1 Å². The molecule has 1 aliphatic heterocycles. The van der Waals surface area contributed by atoms with Gasteiger partial charge in [-0.3, -0.25) is 4.79 Å². The summed E-state index contributed by atoms with van der Waals surface area (Å²) in [4.78, 5) is 12.5. The number of nitrogens with one attached hydrogen (secondary N) is 1. The number of carbonyl (C=O) groups excluding carboxylic acids is 1. The fourth-order valence-electron chi connectivity index (χ4n) is 3.71. The lowest BCUT2D eigenvalue weighted by molar-refractivity contribution is -0.125. The van der Waals surface area contributed by atoms with Crippen LogP contribution in [-0.4, -0.2) is 35.4 Å². The molecule has 1 heterocycles. The zero-order chi connectivity index (χ0) is 18.8. The van der Waals surface area contributed by atoms with Gasteiger partial charge in [0.2, 0.25) is 0 Å². The van der Waals surface area contributed by atoms with Crippen molar-refractivity contribution in [3.63, 3.8) is 0 Å². The topological polar surface area (TPSA) is 88.0 Å². The first-order valence-corrected chi connectivity index (χ1v) is 9.24. The summed E-state index contributed by atoms with van der Waals surface area (Å²) in [7, 11) is 0. The highest BCUT2D eigenvalue weighted by Crippen LogP contribution is 2.39. The Morgan fingerprint density at radius 1 is 1.26 bits per heavy atom. The molecule has 3 N–H and O–H groups in total. The van der Waals surface area contributed by atoms with Crippen LogP contribution in [-0.2, 0) is 11.2 Å². The molecule has 1 fully saturated rings. The molecule has 2 aliphatic rings. The van der Waals surface area contributed by atoms with E-state index in [0.717, 1.165) is 23.3 Å². The molecule has 1 saturated carbocycles. The summed E-state index contributed by atoms with van der Waals surface area (Å²) in [5.41, 5.74) is 2.17. The van der Waals surface area contributed by atoms with E-state index in [2.05, 4.69) is 11.4 Å². The molecule has 0 saturated heterocycles. The average molecular weight is 369 g/mol. The molecule has 4 rings (SSSR count). The Morgan fingerprint density at radius 3 is 2.85 bits per heavy atom. The SMILES string of the molecule is O=C(COc1ccccc1O)NC(c1ccc2c(c1)CCO2)C1CC(O)C1. The first-order chi connectivity index (χ1) is 13.1. The number of para-hydroxylation sites is 2. The number of fused-ring (bicyclic) bond motifs is 1. The van der Waals surface area contributed by atoms with E-state index in [1.807, 2.05) is 12.1 Å². The van der Waals surface area contributed by atoms with Crippen LogP contribution >= 0.6 is 0 Å². The van der Waals surface area contributed by atoms with Gasteiger partial charge in [-0.2, -0.15) is 0 Å². The van der Waals surface area contributed by atoms with Crippen LogP contribution in [0.15, 0.2) is 42.5 Å². The molecule has 6 nitrogen and oxygen atoms in total. The molecule has 2 aromatic rings. The molecule has 1 aliphatic carbocycles. The number of aliphatic hydroxyl groups is 1. The maximum atomic E-state index is 12.5. The highest BCUT2D eigenvalue weighted by molar-refractivity contribution is 5.78. The zero-order valence-electron chi connectivity index (χ0n) is 14.9. The minimum atomic E-state index is -0.301. The Labute approximate surface area is 157 Å². The van der Waals surface area contributed by atoms with E-state index in [0.29, 0.717) is 19.4 Å². The number of aliphatic hydroxyl groups excluding tert-OH is 1. The third-order valence-electron chi connectivity index (χ3n) is 5.23. The molecular formula is C21H23NO5. The molecule has 1 unspecified atom stereocenters. The van der Waals surface area contributed by atoms with Crippen molar-refractivity contribution in [3.8, 4) is 17.2 Å². The van der Waals surface area contributed by atoms with E-state index >= 15 is 0 Å². The van der Waals surface area contributed by atoms with Gasteiger partial charge in [-0.05, 0) is 54.2 Å². The Bertz CT molecular complexity index is 831. The monoisotopic (exact) mass is 369 g/mol. The number of aromatic hydroxyl groups is 1. The lowest BCUT2D eigenvalue weighted by Gasteiger charge is -2.38. The second-order valence-corrected chi connectivity index (χ2v) is 7.15. The Balaban J connectivity index is 1.45. The van der Waals surface area contributed by atoms with Crippen LogP contribution in [0.1, 0.15) is 30.0 Å². The quantitative estimate of drug-likeness (QED) is 0.727. The van der Waals surface area contributed by atoms with Crippen molar-refractivity contribution in [2.75, 3.05) is 13.2 Å². The number of hydrogen-bond donors (Lipinski definition) is 3. The largest absolute Gasteiger partial charge is 0.504 e. The van der Waals surface area contributed by atoms with Crippen LogP contribution in [0.25, 0.3) is 0 Å². The number of ether oxygens (including phenoxy) is 2. The van der Waals surface area contributed by atoms with Crippen molar-refractivity contribution in [3.05, 3.63) is 53.6 Å². The maximum Gasteiger partial charge on any atom is 0.258 e. The van der Waals surface area contributed by atoms with Crippen molar-refractivity contribution in [2.24, 2.45) is 5.92 Å². The van der Waals surface area contributed by atoms with E-state index in [1.54, 1.807) is 18.2 Å². The highest BCUT2D eigenvalue weighted by Gasteiger charge is 2.36. The van der Waals surface area contributed by atoms with Gasteiger partial charge in [-0.15, -0.1) is 0 Å². The van der Waals surface area contributed by atoms with Crippen LogP contribution in [0.4, 0.5) is 0 Å². The Hall–Kier alpha value is -2.73. The lowest BCUT2D eigenvalue weighted by Crippen LogP contribution is -2.42. The molecule has 1 amide bonds. The van der Waals surface area contributed by atoms with Gasteiger partial charge in [0.25, 0.3) is 5.91 Å². The van der Waals surface area contributed by atoms with Crippen molar-refractivity contribution < 1.29 is 24.5 Å². The smallest absolute Gasteiger partial charge is 0.258 e. The summed E-state index contributed by atoms with van der Waals surface area (Å²) in [6, 6.07) is 12.4. The number of amides is 1. The van der Waals surface area contributed by atoms with E-state index in [1.165, 1.54) is 6.07 Å². The summed E-state index contributed by atoms with van der Waals surface area (Å²) in [6.07, 6.45) is 1.90. The molecule has 142 valence electrons. The molecule has 1 atom stereocenters. The third-order valence-corrected chi connectivity index (χ3v) is 5.23. The minimum absolute atomic E-state index is 0.00240. The molecule has 0 aromatic heterocycles. The van der Waals surface area contributed by atoms with Crippen molar-refractivity contribution >= 4 is 5.91 Å². The average Bonchev–Trinajstić information content (AvgIpc) is 3.11. The van der Waals surface area contributed by atoms with E-state index in [4.69, 9.17) is 9.47 Å². The lowest BCUT2D eigenvalue weighted by atomic mass is 9.75. The predicted molar refractivity (Wildman–Crippen MR) is 98.9 cm³/mol. The number of carbonyl (C=O) groups is 1. The van der Waals surface area contributed by atoms with Crippen LogP contribution in [0, 0.1) is 5.92 Å². The standard InChI is InChI=1S/C21H23NO5/c23-16-10-15(11-16)21(14-5-6-18-13(9-14)7-8-26-18)22-20(25)12-27-19-4-2-1-3-17(19)24/h1-6,9,15-16,21,23-24H,7-8,10-12H2,(H,22,25). The van der Waals surface area contributed by atoms with Crippen LogP contribution in [0.2, 0.25) is 0 Å². The predicted octanol–water partition coefficient (Wildman–Crippen LogP) is 2.33. The van der Waals surface area contributed by atoms with Gasteiger partial charge in [0.05, 0.1) is 18.8 Å². The van der Waals surface area contributed by atoms with Gasteiger partial charge in [0.1, 0.15) is 5.75 Å². The Morgan fingerprint density at radius 2 is 2.07 bits per heavy atom. The van der Waals surface area contributed by atoms with Crippen molar-refractivity contribution in [2.45, 2.75) is 31.4 Å². The first kappa shape index (κ1) is 17.7. The van der Waals surface area contributed by atoms with Gasteiger partial charge >= 0.3 is 0 Å². The third kappa shape index (κ3) is 3.85. The first-order valence-electron chi connectivity index (χ1n) is 9.24. The number of rotatable bonds is 6. The summed E-state index contributed by atoms with van der Waals surface area (Å²) in [6.45, 7) is 0.504. The number of hydrogen-bond acceptors (Lipinski definition) is 5. The molecular weight excluding hydrogens is 346 g/mol. The number of phenols is 1. The summed E-state index contributed by atoms with van der Waals surface area (Å²) < 4.78 is 11.0. The van der Waals surface area contributed by atoms with Crippen LogP contribution in [0.5, 0.6) is 17.2 Å².